The molecule has 0 radical (unpaired) electrons. The molecule has 0 fully saturated rings. The molecule has 1 amide bonds. The van der Waals surface area contributed by atoms with Crippen LogP contribution in [0.25, 0.3) is 22.4 Å². The van der Waals surface area contributed by atoms with Crippen LogP contribution in [-0.2, 0) is 11.3 Å². The van der Waals surface area contributed by atoms with E-state index >= 15 is 0 Å². The zero-order valence-corrected chi connectivity index (χ0v) is 14.9. The van der Waals surface area contributed by atoms with Gasteiger partial charge in [-0.3, -0.25) is 4.79 Å². The lowest BCUT2D eigenvalue weighted by molar-refractivity contribution is -0.116. The largest absolute Gasteiger partial charge is 0.322 e. The number of carbonyl (C=O) groups is 1. The van der Waals surface area contributed by atoms with E-state index in [-0.39, 0.29) is 18.1 Å². The fourth-order valence-electron chi connectivity index (χ4n) is 2.98. The Hall–Kier alpha value is -3.18. The standard InChI is InChI=1S/C21H15ClFN3O/c22-15-8-2-1-7-14(15)21-25-18-11-5-6-12-19(18)26(21)13-20(27)24-17-10-4-3-9-16(17)23/h1-12H,13H2,(H,24,27). The first-order valence-electron chi connectivity index (χ1n) is 8.38. The zero-order chi connectivity index (χ0) is 18.8. The van der Waals surface area contributed by atoms with Crippen molar-refractivity contribution >= 4 is 34.2 Å². The van der Waals surface area contributed by atoms with Gasteiger partial charge in [-0.15, -0.1) is 0 Å². The number of rotatable bonds is 4. The molecule has 4 rings (SSSR count). The van der Waals surface area contributed by atoms with Gasteiger partial charge in [0.2, 0.25) is 5.91 Å². The summed E-state index contributed by atoms with van der Waals surface area (Å²) in [5.41, 5.74) is 2.43. The van der Waals surface area contributed by atoms with E-state index in [9.17, 15) is 9.18 Å². The van der Waals surface area contributed by atoms with E-state index in [1.807, 2.05) is 42.5 Å². The van der Waals surface area contributed by atoms with Crippen LogP contribution in [0.1, 0.15) is 0 Å². The number of anilines is 1. The van der Waals surface area contributed by atoms with Gasteiger partial charge in [-0.2, -0.15) is 0 Å². The summed E-state index contributed by atoms with van der Waals surface area (Å²) in [7, 11) is 0. The molecule has 4 aromatic rings. The lowest BCUT2D eigenvalue weighted by atomic mass is 10.2. The Morgan fingerprint density at radius 3 is 2.52 bits per heavy atom. The third-order valence-electron chi connectivity index (χ3n) is 4.22. The van der Waals surface area contributed by atoms with Crippen LogP contribution in [0.4, 0.5) is 10.1 Å². The minimum atomic E-state index is -0.479. The molecule has 0 aliphatic rings. The van der Waals surface area contributed by atoms with Crippen molar-refractivity contribution in [3.63, 3.8) is 0 Å². The lowest BCUT2D eigenvalue weighted by Gasteiger charge is -2.11. The Kier molecular flexibility index (Phi) is 4.60. The van der Waals surface area contributed by atoms with Gasteiger partial charge in [-0.25, -0.2) is 9.37 Å². The number of benzene rings is 3. The summed E-state index contributed by atoms with van der Waals surface area (Å²) in [5, 5.41) is 3.16. The van der Waals surface area contributed by atoms with Crippen molar-refractivity contribution in [2.24, 2.45) is 0 Å². The van der Waals surface area contributed by atoms with E-state index in [2.05, 4.69) is 10.3 Å². The van der Waals surface area contributed by atoms with Gasteiger partial charge in [-0.05, 0) is 36.4 Å². The fourth-order valence-corrected chi connectivity index (χ4v) is 3.20. The van der Waals surface area contributed by atoms with Crippen molar-refractivity contribution in [1.29, 1.82) is 0 Å². The highest BCUT2D eigenvalue weighted by Crippen LogP contribution is 2.30. The van der Waals surface area contributed by atoms with Crippen LogP contribution < -0.4 is 5.32 Å². The lowest BCUT2D eigenvalue weighted by Crippen LogP contribution is -2.20. The molecule has 1 heterocycles. The number of imidazole rings is 1. The molecular weight excluding hydrogens is 365 g/mol. The Bertz CT molecular complexity index is 1140. The minimum Gasteiger partial charge on any atom is -0.322 e. The summed E-state index contributed by atoms with van der Waals surface area (Å²) in [4.78, 5) is 17.2. The van der Waals surface area contributed by atoms with E-state index < -0.39 is 5.82 Å². The number of halogens is 2. The van der Waals surface area contributed by atoms with Gasteiger partial charge < -0.3 is 9.88 Å². The molecule has 3 aromatic carbocycles. The highest BCUT2D eigenvalue weighted by Gasteiger charge is 2.17. The molecule has 0 unspecified atom stereocenters. The smallest absolute Gasteiger partial charge is 0.244 e. The predicted octanol–water partition coefficient (Wildman–Crippen LogP) is 5.13. The third-order valence-corrected chi connectivity index (χ3v) is 4.55. The average molecular weight is 380 g/mol. The summed E-state index contributed by atoms with van der Waals surface area (Å²) in [6, 6.07) is 20.9. The number of hydrogen-bond acceptors (Lipinski definition) is 2. The Labute approximate surface area is 160 Å². The van der Waals surface area contributed by atoms with Crippen LogP contribution >= 0.6 is 11.6 Å². The molecule has 0 aliphatic heterocycles. The molecule has 134 valence electrons. The molecule has 0 saturated carbocycles. The molecule has 1 aromatic heterocycles. The molecular formula is C21H15ClFN3O. The van der Waals surface area contributed by atoms with Crippen molar-refractivity contribution in [3.05, 3.63) is 83.6 Å². The molecule has 0 spiro atoms. The van der Waals surface area contributed by atoms with Crippen molar-refractivity contribution in [2.75, 3.05) is 5.32 Å². The SMILES string of the molecule is O=C(Cn1c(-c2ccccc2Cl)nc2ccccc21)Nc1ccccc1F. The van der Waals surface area contributed by atoms with Gasteiger partial charge in [0.1, 0.15) is 18.2 Å². The normalized spacial score (nSPS) is 10.9. The van der Waals surface area contributed by atoms with Gasteiger partial charge in [0.05, 0.1) is 21.7 Å². The molecule has 6 heteroatoms. The quantitative estimate of drug-likeness (QED) is 0.534. The molecule has 0 atom stereocenters. The van der Waals surface area contributed by atoms with Crippen LogP contribution in [0.3, 0.4) is 0 Å². The van der Waals surface area contributed by atoms with Crippen LogP contribution in [0.15, 0.2) is 72.8 Å². The second kappa shape index (κ2) is 7.21. The van der Waals surface area contributed by atoms with E-state index in [1.165, 1.54) is 12.1 Å². The molecule has 1 N–H and O–H groups in total. The van der Waals surface area contributed by atoms with Crippen LogP contribution in [-0.4, -0.2) is 15.5 Å². The number of aromatic nitrogens is 2. The van der Waals surface area contributed by atoms with Gasteiger partial charge in [-0.1, -0.05) is 48.0 Å². The number of hydrogen-bond donors (Lipinski definition) is 1. The van der Waals surface area contributed by atoms with Gasteiger partial charge in [0, 0.05) is 5.56 Å². The van der Waals surface area contributed by atoms with Crippen molar-refractivity contribution in [1.82, 2.24) is 9.55 Å². The summed E-state index contributed by atoms with van der Waals surface area (Å²) in [6.07, 6.45) is 0. The summed E-state index contributed by atoms with van der Waals surface area (Å²) in [6.45, 7) is -0.0184. The molecule has 0 saturated heterocycles. The predicted molar refractivity (Wildman–Crippen MR) is 105 cm³/mol. The summed E-state index contributed by atoms with van der Waals surface area (Å²) in [5.74, 6) is -0.241. The number of fused-ring (bicyclic) bond motifs is 1. The number of para-hydroxylation sites is 3. The topological polar surface area (TPSA) is 46.9 Å². The first-order valence-corrected chi connectivity index (χ1v) is 8.76. The van der Waals surface area contributed by atoms with Gasteiger partial charge in [0.15, 0.2) is 0 Å². The van der Waals surface area contributed by atoms with E-state index in [1.54, 1.807) is 22.8 Å². The van der Waals surface area contributed by atoms with Crippen LogP contribution in [0.5, 0.6) is 0 Å². The second-order valence-electron chi connectivity index (χ2n) is 6.02. The Morgan fingerprint density at radius 1 is 1.00 bits per heavy atom. The number of carbonyl (C=O) groups excluding carboxylic acids is 1. The molecule has 0 bridgehead atoms. The maximum absolute atomic E-state index is 13.8. The fraction of sp³-hybridized carbons (Fsp3) is 0.0476. The molecule has 0 aliphatic carbocycles. The average Bonchev–Trinajstić information content (AvgIpc) is 3.02. The van der Waals surface area contributed by atoms with Crippen LogP contribution in [0, 0.1) is 5.82 Å². The van der Waals surface area contributed by atoms with Crippen molar-refractivity contribution in [3.8, 4) is 11.4 Å². The molecule has 4 nitrogen and oxygen atoms in total. The first-order chi connectivity index (χ1) is 13.1. The monoisotopic (exact) mass is 379 g/mol. The number of nitrogens with one attached hydrogen (secondary N) is 1. The van der Waals surface area contributed by atoms with Gasteiger partial charge in [0.25, 0.3) is 0 Å². The minimum absolute atomic E-state index is 0.0184. The maximum atomic E-state index is 13.8. The van der Waals surface area contributed by atoms with Crippen LogP contribution in [0.2, 0.25) is 5.02 Å². The highest BCUT2D eigenvalue weighted by atomic mass is 35.5. The second-order valence-corrected chi connectivity index (χ2v) is 6.43. The van der Waals surface area contributed by atoms with E-state index in [0.29, 0.717) is 10.8 Å². The molecule has 27 heavy (non-hydrogen) atoms. The first kappa shape index (κ1) is 17.2. The zero-order valence-electron chi connectivity index (χ0n) is 14.2. The third kappa shape index (κ3) is 3.41. The maximum Gasteiger partial charge on any atom is 0.244 e. The van der Waals surface area contributed by atoms with Crippen molar-refractivity contribution < 1.29 is 9.18 Å². The van der Waals surface area contributed by atoms with Crippen molar-refractivity contribution in [2.45, 2.75) is 6.54 Å². The summed E-state index contributed by atoms with van der Waals surface area (Å²) < 4.78 is 15.6. The number of nitrogens with zero attached hydrogens (tertiary/aromatic N) is 2. The summed E-state index contributed by atoms with van der Waals surface area (Å²) >= 11 is 6.34. The van der Waals surface area contributed by atoms with Gasteiger partial charge >= 0.3 is 0 Å². The van der Waals surface area contributed by atoms with E-state index in [4.69, 9.17) is 11.6 Å². The van der Waals surface area contributed by atoms with E-state index in [0.717, 1.165) is 16.6 Å². The number of amides is 1. The highest BCUT2D eigenvalue weighted by molar-refractivity contribution is 6.33. The Morgan fingerprint density at radius 2 is 1.70 bits per heavy atom. The Balaban J connectivity index is 1.74.